The molecule has 0 aliphatic rings. The number of fused-ring (bicyclic) bond motifs is 1. The summed E-state index contributed by atoms with van der Waals surface area (Å²) in [4.78, 5) is 13.7. The first-order chi connectivity index (χ1) is 15.7. The molecule has 1 atom stereocenters. The first-order valence-electron chi connectivity index (χ1n) is 10.7. The molecule has 9 heteroatoms. The van der Waals surface area contributed by atoms with E-state index in [0.29, 0.717) is 35.0 Å². The molecule has 0 radical (unpaired) electrons. The Morgan fingerprint density at radius 2 is 1.88 bits per heavy atom. The Morgan fingerprint density at radius 1 is 1.12 bits per heavy atom. The van der Waals surface area contributed by atoms with Crippen LogP contribution in [0.15, 0.2) is 54.9 Å². The van der Waals surface area contributed by atoms with Crippen LogP contribution in [0.5, 0.6) is 5.75 Å². The molecule has 0 amide bonds. The second-order valence-corrected chi connectivity index (χ2v) is 8.57. The van der Waals surface area contributed by atoms with E-state index in [1.54, 1.807) is 20.2 Å². The van der Waals surface area contributed by atoms with Gasteiger partial charge in [-0.1, -0.05) is 30.3 Å². The van der Waals surface area contributed by atoms with Crippen molar-refractivity contribution in [2.45, 2.75) is 45.5 Å². The van der Waals surface area contributed by atoms with Gasteiger partial charge in [0.05, 0.1) is 24.5 Å². The molecule has 0 saturated heterocycles. The van der Waals surface area contributed by atoms with E-state index in [0.717, 1.165) is 5.56 Å². The van der Waals surface area contributed by atoms with Gasteiger partial charge in [0.15, 0.2) is 17.0 Å². The van der Waals surface area contributed by atoms with E-state index < -0.39 is 11.4 Å². The van der Waals surface area contributed by atoms with Crippen molar-refractivity contribution in [3.63, 3.8) is 0 Å². The predicted octanol–water partition coefficient (Wildman–Crippen LogP) is 3.90. The van der Waals surface area contributed by atoms with E-state index in [9.17, 15) is 14.6 Å². The lowest BCUT2D eigenvalue weighted by Crippen LogP contribution is -2.39. The number of phenols is 1. The number of anilines is 2. The zero-order valence-corrected chi connectivity index (χ0v) is 18.7. The van der Waals surface area contributed by atoms with Crippen molar-refractivity contribution in [3.8, 4) is 5.75 Å². The van der Waals surface area contributed by atoms with Gasteiger partial charge in [0.25, 0.3) is 0 Å². The largest absolute Gasteiger partial charge is 0.508 e. The van der Waals surface area contributed by atoms with Gasteiger partial charge in [-0.15, -0.1) is 0 Å². The molecule has 1 unspecified atom stereocenters. The van der Waals surface area contributed by atoms with Crippen LogP contribution in [-0.2, 0) is 13.1 Å². The van der Waals surface area contributed by atoms with Crippen LogP contribution in [0.3, 0.4) is 0 Å². The molecule has 0 bridgehead atoms. The first-order valence-corrected chi connectivity index (χ1v) is 10.7. The predicted molar refractivity (Wildman–Crippen MR) is 126 cm³/mol. The second kappa shape index (κ2) is 9.03. The lowest BCUT2D eigenvalue weighted by Gasteiger charge is -2.26. The summed E-state index contributed by atoms with van der Waals surface area (Å²) in [5, 5.41) is 26.7. The molecule has 0 saturated carbocycles. The summed E-state index contributed by atoms with van der Waals surface area (Å²) in [6.07, 6.45) is 1.69. The second-order valence-electron chi connectivity index (χ2n) is 8.57. The zero-order chi connectivity index (χ0) is 23.6. The normalized spacial score (nSPS) is 12.6. The van der Waals surface area contributed by atoms with Gasteiger partial charge in [-0.2, -0.15) is 9.97 Å². The summed E-state index contributed by atoms with van der Waals surface area (Å²) in [7, 11) is 0. The fourth-order valence-corrected chi connectivity index (χ4v) is 3.27. The summed E-state index contributed by atoms with van der Waals surface area (Å²) in [6.45, 7) is 5.96. The molecular weight excluding hydrogens is 423 g/mol. The number of hydrogen-bond donors (Lipinski definition) is 4. The standard InChI is InChI=1S/C24H27FN6O2/c1-15(24(2,3)33)28-23-29-21(26-12-17-11-18(25)9-10-19(17)32)20-22(30-23)31(14-27-20)13-16-7-5-4-6-8-16/h4-11,14-15,32-33H,12-13H2,1-3H3,(H2,26,28,29,30). The molecule has 4 N–H and O–H groups in total. The highest BCUT2D eigenvalue weighted by atomic mass is 19.1. The molecule has 2 aromatic heterocycles. The van der Waals surface area contributed by atoms with Gasteiger partial charge in [0, 0.05) is 12.1 Å². The van der Waals surface area contributed by atoms with Gasteiger partial charge in [-0.25, -0.2) is 9.37 Å². The molecule has 2 aromatic carbocycles. The van der Waals surface area contributed by atoms with Crippen LogP contribution in [0, 0.1) is 5.82 Å². The maximum atomic E-state index is 13.6. The van der Waals surface area contributed by atoms with Crippen molar-refractivity contribution in [2.24, 2.45) is 0 Å². The molecule has 0 aliphatic heterocycles. The Kier molecular flexibility index (Phi) is 6.15. The van der Waals surface area contributed by atoms with E-state index in [2.05, 4.69) is 25.6 Å². The van der Waals surface area contributed by atoms with Gasteiger partial charge in [-0.3, -0.25) is 0 Å². The maximum absolute atomic E-state index is 13.6. The molecule has 4 aromatic rings. The number of aliphatic hydroxyl groups is 1. The van der Waals surface area contributed by atoms with E-state index >= 15 is 0 Å². The number of nitrogens with one attached hydrogen (secondary N) is 2. The summed E-state index contributed by atoms with van der Waals surface area (Å²) >= 11 is 0. The third-order valence-electron chi connectivity index (χ3n) is 5.55. The van der Waals surface area contributed by atoms with Crippen molar-refractivity contribution >= 4 is 22.9 Å². The number of hydrogen-bond acceptors (Lipinski definition) is 7. The molecule has 8 nitrogen and oxygen atoms in total. The Bertz CT molecular complexity index is 1250. The lowest BCUT2D eigenvalue weighted by atomic mass is 10.0. The van der Waals surface area contributed by atoms with Crippen molar-refractivity contribution in [1.29, 1.82) is 0 Å². The Hall–Kier alpha value is -3.72. The fraction of sp³-hybridized carbons (Fsp3) is 0.292. The molecule has 2 heterocycles. The van der Waals surface area contributed by atoms with Gasteiger partial charge < -0.3 is 25.4 Å². The number of rotatable bonds is 8. The molecule has 33 heavy (non-hydrogen) atoms. The third-order valence-corrected chi connectivity index (χ3v) is 5.55. The van der Waals surface area contributed by atoms with Crippen LogP contribution in [0.25, 0.3) is 11.2 Å². The number of benzene rings is 2. The quantitative estimate of drug-likeness (QED) is 0.322. The van der Waals surface area contributed by atoms with Crippen LogP contribution in [-0.4, -0.2) is 41.4 Å². The van der Waals surface area contributed by atoms with Crippen LogP contribution >= 0.6 is 0 Å². The Morgan fingerprint density at radius 3 is 2.61 bits per heavy atom. The Balaban J connectivity index is 1.71. The number of halogens is 1. The molecule has 0 spiro atoms. The lowest BCUT2D eigenvalue weighted by molar-refractivity contribution is 0.0646. The fourth-order valence-electron chi connectivity index (χ4n) is 3.27. The van der Waals surface area contributed by atoms with Crippen LogP contribution in [0.4, 0.5) is 16.2 Å². The first kappa shape index (κ1) is 22.5. The number of phenolic OH excluding ortho intramolecular Hbond substituents is 1. The van der Waals surface area contributed by atoms with Crippen molar-refractivity contribution in [3.05, 3.63) is 71.8 Å². The van der Waals surface area contributed by atoms with Crippen molar-refractivity contribution in [1.82, 2.24) is 19.5 Å². The van der Waals surface area contributed by atoms with E-state index in [1.807, 2.05) is 41.8 Å². The van der Waals surface area contributed by atoms with Crippen molar-refractivity contribution < 1.29 is 14.6 Å². The molecule has 0 aliphatic carbocycles. The van der Waals surface area contributed by atoms with E-state index in [1.165, 1.54) is 18.2 Å². The molecule has 4 rings (SSSR count). The zero-order valence-electron chi connectivity index (χ0n) is 18.7. The smallest absolute Gasteiger partial charge is 0.227 e. The minimum atomic E-state index is -0.996. The van der Waals surface area contributed by atoms with Gasteiger partial charge in [-0.05, 0) is 44.5 Å². The maximum Gasteiger partial charge on any atom is 0.227 e. The summed E-state index contributed by atoms with van der Waals surface area (Å²) < 4.78 is 15.6. The molecule has 0 fully saturated rings. The summed E-state index contributed by atoms with van der Waals surface area (Å²) in [5.41, 5.74) is 1.64. The highest BCUT2D eigenvalue weighted by molar-refractivity contribution is 5.84. The van der Waals surface area contributed by atoms with Crippen LogP contribution in [0.1, 0.15) is 31.9 Å². The topological polar surface area (TPSA) is 108 Å². The van der Waals surface area contributed by atoms with Crippen LogP contribution in [0.2, 0.25) is 0 Å². The minimum Gasteiger partial charge on any atom is -0.508 e. The summed E-state index contributed by atoms with van der Waals surface area (Å²) in [5.74, 6) is 0.294. The highest BCUT2D eigenvalue weighted by Gasteiger charge is 2.24. The van der Waals surface area contributed by atoms with E-state index in [4.69, 9.17) is 0 Å². The average molecular weight is 451 g/mol. The molecular formula is C24H27FN6O2. The highest BCUT2D eigenvalue weighted by Crippen LogP contribution is 2.25. The monoisotopic (exact) mass is 450 g/mol. The molecule has 172 valence electrons. The van der Waals surface area contributed by atoms with Gasteiger partial charge >= 0.3 is 0 Å². The van der Waals surface area contributed by atoms with Gasteiger partial charge in [0.1, 0.15) is 11.6 Å². The number of aromatic hydroxyl groups is 1. The average Bonchev–Trinajstić information content (AvgIpc) is 3.17. The van der Waals surface area contributed by atoms with Crippen molar-refractivity contribution in [2.75, 3.05) is 10.6 Å². The third kappa shape index (κ3) is 5.20. The van der Waals surface area contributed by atoms with Gasteiger partial charge in [0.2, 0.25) is 5.95 Å². The van der Waals surface area contributed by atoms with E-state index in [-0.39, 0.29) is 18.3 Å². The summed E-state index contributed by atoms with van der Waals surface area (Å²) in [6, 6.07) is 13.4. The number of nitrogens with zero attached hydrogens (tertiary/aromatic N) is 4. The Labute approximate surface area is 191 Å². The SMILES string of the molecule is CC(Nc1nc(NCc2cc(F)ccc2O)c2ncn(Cc3ccccc3)c2n1)C(C)(C)O. The number of aromatic nitrogens is 4. The minimum absolute atomic E-state index is 0.0159. The van der Waals surface area contributed by atoms with Crippen LogP contribution < -0.4 is 10.6 Å². The number of imidazole rings is 1.